The van der Waals surface area contributed by atoms with E-state index in [1.54, 1.807) is 18.0 Å². The SMILES string of the molecule is CN1CCN(c2ccccc2CNC(=O)CSCc2coc(-c3ccccc3)n2)CC1. The van der Waals surface area contributed by atoms with Crippen LogP contribution in [0.1, 0.15) is 11.3 Å². The number of amides is 1. The van der Waals surface area contributed by atoms with Crippen LogP contribution in [0.15, 0.2) is 65.3 Å². The van der Waals surface area contributed by atoms with Crippen LogP contribution in [0.3, 0.4) is 0 Å². The molecule has 162 valence electrons. The van der Waals surface area contributed by atoms with E-state index >= 15 is 0 Å². The minimum absolute atomic E-state index is 0.0324. The largest absolute Gasteiger partial charge is 0.444 e. The summed E-state index contributed by atoms with van der Waals surface area (Å²) in [5.41, 5.74) is 4.18. The van der Waals surface area contributed by atoms with Crippen LogP contribution in [0.25, 0.3) is 11.5 Å². The van der Waals surface area contributed by atoms with Gasteiger partial charge >= 0.3 is 0 Å². The maximum absolute atomic E-state index is 12.4. The first kappa shape index (κ1) is 21.5. The van der Waals surface area contributed by atoms with Gasteiger partial charge in [-0.15, -0.1) is 11.8 Å². The van der Waals surface area contributed by atoms with Crippen molar-refractivity contribution in [1.29, 1.82) is 0 Å². The summed E-state index contributed by atoms with van der Waals surface area (Å²) in [6, 6.07) is 18.2. The van der Waals surface area contributed by atoms with Crippen molar-refractivity contribution in [2.24, 2.45) is 0 Å². The standard InChI is InChI=1S/C24H28N4O2S/c1-27-11-13-28(14-12-27)22-10-6-5-9-20(22)15-25-23(29)18-31-17-21-16-30-24(26-21)19-7-3-2-4-8-19/h2-10,16H,11-15,17-18H2,1H3,(H,25,29). The lowest BCUT2D eigenvalue weighted by Gasteiger charge is -2.35. The third kappa shape index (κ3) is 5.89. The van der Waals surface area contributed by atoms with Gasteiger partial charge in [0.15, 0.2) is 0 Å². The van der Waals surface area contributed by atoms with Gasteiger partial charge in [-0.25, -0.2) is 4.98 Å². The Morgan fingerprint density at radius 2 is 1.81 bits per heavy atom. The van der Waals surface area contributed by atoms with E-state index in [9.17, 15) is 4.79 Å². The molecule has 0 saturated carbocycles. The van der Waals surface area contributed by atoms with Crippen molar-refractivity contribution in [3.63, 3.8) is 0 Å². The van der Waals surface area contributed by atoms with Gasteiger partial charge in [-0.1, -0.05) is 36.4 Å². The number of hydrogen-bond acceptors (Lipinski definition) is 6. The van der Waals surface area contributed by atoms with Crippen LogP contribution in [-0.2, 0) is 17.1 Å². The highest BCUT2D eigenvalue weighted by Gasteiger charge is 2.17. The molecule has 1 aliphatic rings. The number of nitrogens with one attached hydrogen (secondary N) is 1. The number of oxazole rings is 1. The van der Waals surface area contributed by atoms with Crippen LogP contribution in [0.4, 0.5) is 5.69 Å². The topological polar surface area (TPSA) is 61.6 Å². The third-order valence-electron chi connectivity index (χ3n) is 5.37. The minimum atomic E-state index is 0.0324. The minimum Gasteiger partial charge on any atom is -0.444 e. The van der Waals surface area contributed by atoms with Gasteiger partial charge in [-0.2, -0.15) is 0 Å². The fourth-order valence-electron chi connectivity index (χ4n) is 3.60. The first-order valence-electron chi connectivity index (χ1n) is 10.5. The predicted octanol–water partition coefficient (Wildman–Crippen LogP) is 3.64. The Hall–Kier alpha value is -2.77. The van der Waals surface area contributed by atoms with Crippen LogP contribution < -0.4 is 10.2 Å². The molecule has 1 saturated heterocycles. The number of nitrogens with zero attached hydrogens (tertiary/aromatic N) is 3. The average molecular weight is 437 g/mol. The first-order valence-corrected chi connectivity index (χ1v) is 11.7. The Bertz CT molecular complexity index is 984. The number of para-hydroxylation sites is 1. The second-order valence-corrected chi connectivity index (χ2v) is 8.68. The molecule has 2 heterocycles. The molecule has 31 heavy (non-hydrogen) atoms. The summed E-state index contributed by atoms with van der Waals surface area (Å²) >= 11 is 1.54. The second-order valence-electron chi connectivity index (χ2n) is 7.70. The molecule has 7 heteroatoms. The zero-order valence-electron chi connectivity index (χ0n) is 17.8. The van der Waals surface area contributed by atoms with Crippen molar-refractivity contribution in [2.75, 3.05) is 43.9 Å². The summed E-state index contributed by atoms with van der Waals surface area (Å²) < 4.78 is 5.56. The molecule has 6 nitrogen and oxygen atoms in total. The summed E-state index contributed by atoms with van der Waals surface area (Å²) in [7, 11) is 2.16. The number of carbonyl (C=O) groups excluding carboxylic acids is 1. The maximum Gasteiger partial charge on any atom is 0.230 e. The molecule has 0 aliphatic carbocycles. The Kier molecular flexibility index (Phi) is 7.27. The number of likely N-dealkylation sites (N-methyl/N-ethyl adjacent to an activating group) is 1. The zero-order chi connectivity index (χ0) is 21.5. The molecular formula is C24H28N4O2S. The highest BCUT2D eigenvalue weighted by molar-refractivity contribution is 7.99. The van der Waals surface area contributed by atoms with Crippen LogP contribution in [0, 0.1) is 0 Å². The van der Waals surface area contributed by atoms with E-state index in [1.165, 1.54) is 5.69 Å². The van der Waals surface area contributed by atoms with Crippen molar-refractivity contribution in [3.8, 4) is 11.5 Å². The lowest BCUT2D eigenvalue weighted by molar-refractivity contribution is -0.118. The van der Waals surface area contributed by atoms with E-state index in [4.69, 9.17) is 4.42 Å². The summed E-state index contributed by atoms with van der Waals surface area (Å²) in [5.74, 6) is 1.68. The summed E-state index contributed by atoms with van der Waals surface area (Å²) in [6.45, 7) is 4.70. The molecule has 3 aromatic rings. The first-order chi connectivity index (χ1) is 15.2. The van der Waals surface area contributed by atoms with Gasteiger partial charge in [-0.3, -0.25) is 4.79 Å². The number of benzene rings is 2. The van der Waals surface area contributed by atoms with Crippen molar-refractivity contribution >= 4 is 23.4 Å². The normalized spacial score (nSPS) is 14.5. The molecular weight excluding hydrogens is 408 g/mol. The van der Waals surface area contributed by atoms with Gasteiger partial charge < -0.3 is 19.5 Å². The van der Waals surface area contributed by atoms with Crippen molar-refractivity contribution in [2.45, 2.75) is 12.3 Å². The van der Waals surface area contributed by atoms with Crippen molar-refractivity contribution in [3.05, 3.63) is 72.1 Å². The lowest BCUT2D eigenvalue weighted by atomic mass is 10.1. The van der Waals surface area contributed by atoms with Crippen LogP contribution >= 0.6 is 11.8 Å². The molecule has 0 bridgehead atoms. The number of piperazine rings is 1. The van der Waals surface area contributed by atoms with Gasteiger partial charge in [0.05, 0.1) is 11.4 Å². The summed E-state index contributed by atoms with van der Waals surface area (Å²) in [6.07, 6.45) is 1.67. The van der Waals surface area contributed by atoms with E-state index < -0.39 is 0 Å². The molecule has 4 rings (SSSR count). The number of carbonyl (C=O) groups is 1. The maximum atomic E-state index is 12.4. The van der Waals surface area contributed by atoms with Crippen molar-refractivity contribution < 1.29 is 9.21 Å². The van der Waals surface area contributed by atoms with Gasteiger partial charge in [0.1, 0.15) is 6.26 Å². The summed E-state index contributed by atoms with van der Waals surface area (Å²) in [4.78, 5) is 21.6. The van der Waals surface area contributed by atoms with E-state index in [0.29, 0.717) is 23.9 Å². The fourth-order valence-corrected chi connectivity index (χ4v) is 4.33. The average Bonchev–Trinajstić information content (AvgIpc) is 3.28. The molecule has 0 spiro atoms. The highest BCUT2D eigenvalue weighted by atomic mass is 32.2. The number of thioether (sulfide) groups is 1. The van der Waals surface area contributed by atoms with Crippen LogP contribution in [0.2, 0.25) is 0 Å². The van der Waals surface area contributed by atoms with Gasteiger partial charge in [0.25, 0.3) is 0 Å². The number of rotatable bonds is 8. The second kappa shape index (κ2) is 10.5. The quantitative estimate of drug-likeness (QED) is 0.582. The van der Waals surface area contributed by atoms with Gasteiger partial charge in [0.2, 0.25) is 11.8 Å². The van der Waals surface area contributed by atoms with Gasteiger partial charge in [0, 0.05) is 49.7 Å². The molecule has 1 aliphatic heterocycles. The highest BCUT2D eigenvalue weighted by Crippen LogP contribution is 2.22. The Balaban J connectivity index is 1.24. The number of anilines is 1. The van der Waals surface area contributed by atoms with Gasteiger partial charge in [-0.05, 0) is 30.8 Å². The van der Waals surface area contributed by atoms with Crippen LogP contribution in [-0.4, -0.2) is 54.8 Å². The summed E-state index contributed by atoms with van der Waals surface area (Å²) in [5, 5.41) is 3.06. The molecule has 0 unspecified atom stereocenters. The molecule has 1 amide bonds. The van der Waals surface area contributed by atoms with E-state index in [1.807, 2.05) is 36.4 Å². The molecule has 0 atom stereocenters. The van der Waals surface area contributed by atoms with E-state index in [-0.39, 0.29) is 5.91 Å². The molecule has 1 aromatic heterocycles. The third-order valence-corrected chi connectivity index (χ3v) is 6.33. The fraction of sp³-hybridized carbons (Fsp3) is 0.333. The van der Waals surface area contributed by atoms with E-state index in [2.05, 4.69) is 45.3 Å². The molecule has 2 aromatic carbocycles. The Morgan fingerprint density at radius 1 is 1.06 bits per heavy atom. The zero-order valence-corrected chi connectivity index (χ0v) is 18.6. The van der Waals surface area contributed by atoms with Crippen LogP contribution in [0.5, 0.6) is 0 Å². The predicted molar refractivity (Wildman–Crippen MR) is 126 cm³/mol. The number of hydrogen-bond donors (Lipinski definition) is 1. The Morgan fingerprint density at radius 3 is 2.61 bits per heavy atom. The molecule has 1 N–H and O–H groups in total. The molecule has 1 fully saturated rings. The number of aromatic nitrogens is 1. The Labute approximate surface area is 187 Å². The van der Waals surface area contributed by atoms with Crippen molar-refractivity contribution in [1.82, 2.24) is 15.2 Å². The lowest BCUT2D eigenvalue weighted by Crippen LogP contribution is -2.45. The monoisotopic (exact) mass is 436 g/mol. The molecule has 0 radical (unpaired) electrons. The van der Waals surface area contributed by atoms with E-state index in [0.717, 1.165) is 43.0 Å². The smallest absolute Gasteiger partial charge is 0.230 e.